The van der Waals surface area contributed by atoms with Crippen LogP contribution in [0.2, 0.25) is 0 Å². The van der Waals surface area contributed by atoms with E-state index in [1.807, 2.05) is 19.1 Å². The van der Waals surface area contributed by atoms with Gasteiger partial charge in [-0.25, -0.2) is 13.6 Å². The molecule has 154 valence electrons. The van der Waals surface area contributed by atoms with Gasteiger partial charge in [0.05, 0.1) is 17.1 Å². The topological polar surface area (TPSA) is 90.3 Å². The number of nitrogens with one attached hydrogen (secondary N) is 2. The molecule has 4 rings (SSSR count). The quantitative estimate of drug-likeness (QED) is 0.527. The maximum atomic E-state index is 13.4. The van der Waals surface area contributed by atoms with Gasteiger partial charge in [0.15, 0.2) is 11.6 Å². The summed E-state index contributed by atoms with van der Waals surface area (Å²) in [5, 5.41) is 24.1. The van der Waals surface area contributed by atoms with Crippen molar-refractivity contribution in [3.05, 3.63) is 63.6 Å². The fourth-order valence-corrected chi connectivity index (χ4v) is 4.12. The number of aromatic hydroxyl groups is 1. The van der Waals surface area contributed by atoms with Crippen LogP contribution in [0.25, 0.3) is 11.0 Å². The lowest BCUT2D eigenvalue weighted by molar-refractivity contribution is 0.119. The van der Waals surface area contributed by atoms with Crippen molar-refractivity contribution in [2.24, 2.45) is 0 Å². The van der Waals surface area contributed by atoms with Crippen molar-refractivity contribution >= 4 is 11.0 Å². The molecule has 1 aliphatic heterocycles. The first-order chi connectivity index (χ1) is 13.8. The fraction of sp³-hybridized carbons (Fsp3) is 0.381. The van der Waals surface area contributed by atoms with E-state index in [9.17, 15) is 23.8 Å². The lowest BCUT2D eigenvalue weighted by atomic mass is 9.98. The molecular formula is C21H23F2N3O3. The molecule has 0 saturated heterocycles. The molecule has 2 aromatic carbocycles. The lowest BCUT2D eigenvalue weighted by Crippen LogP contribution is -2.41. The van der Waals surface area contributed by atoms with Crippen LogP contribution in [0.1, 0.15) is 37.0 Å². The molecule has 4 N–H and O–H groups in total. The first-order valence-corrected chi connectivity index (χ1v) is 9.67. The molecule has 0 radical (unpaired) electrons. The van der Waals surface area contributed by atoms with Gasteiger partial charge in [-0.3, -0.25) is 4.57 Å². The highest BCUT2D eigenvalue weighted by Gasteiger charge is 2.29. The maximum Gasteiger partial charge on any atom is 0.326 e. The Balaban J connectivity index is 1.47. The summed E-state index contributed by atoms with van der Waals surface area (Å²) in [4.78, 5) is 15.0. The number of hydrogen-bond acceptors (Lipinski definition) is 4. The minimum atomic E-state index is -1.08. The van der Waals surface area contributed by atoms with E-state index in [1.54, 1.807) is 10.6 Å². The molecule has 2 heterocycles. The van der Waals surface area contributed by atoms with Gasteiger partial charge in [0, 0.05) is 30.3 Å². The molecule has 0 amide bonds. The Kier molecular flexibility index (Phi) is 5.14. The number of benzene rings is 2. The van der Waals surface area contributed by atoms with E-state index in [4.69, 9.17) is 0 Å². The SMILES string of the molecule is CC(CCc1cc(F)c(F)cc1O)N[C@@H]1CCn2c(=O)[nH]c3cccc(c32)[C@H]1O. The second-order valence-electron chi connectivity index (χ2n) is 7.67. The van der Waals surface area contributed by atoms with Gasteiger partial charge in [0.1, 0.15) is 5.75 Å². The summed E-state index contributed by atoms with van der Waals surface area (Å²) >= 11 is 0. The average Bonchev–Trinajstić information content (AvgIpc) is 2.93. The third kappa shape index (κ3) is 3.65. The van der Waals surface area contributed by atoms with E-state index in [0.717, 1.165) is 17.6 Å². The first kappa shape index (κ1) is 19.6. The number of phenols is 1. The largest absolute Gasteiger partial charge is 0.508 e. The third-order valence-corrected chi connectivity index (χ3v) is 5.65. The number of aliphatic hydroxyl groups is 1. The molecule has 6 nitrogen and oxygen atoms in total. The normalized spacial score (nSPS) is 20.0. The molecule has 1 aromatic heterocycles. The zero-order valence-corrected chi connectivity index (χ0v) is 16.0. The van der Waals surface area contributed by atoms with Gasteiger partial charge in [0.2, 0.25) is 0 Å². The second-order valence-corrected chi connectivity index (χ2v) is 7.67. The minimum absolute atomic E-state index is 0.0582. The molecule has 0 spiro atoms. The van der Waals surface area contributed by atoms with Crippen molar-refractivity contribution in [2.75, 3.05) is 0 Å². The summed E-state index contributed by atoms with van der Waals surface area (Å²) < 4.78 is 28.2. The molecule has 0 saturated carbocycles. The highest BCUT2D eigenvalue weighted by molar-refractivity contribution is 5.79. The number of aliphatic hydroxyl groups excluding tert-OH is 1. The number of imidazole rings is 1. The van der Waals surface area contributed by atoms with Crippen LogP contribution >= 0.6 is 0 Å². The summed E-state index contributed by atoms with van der Waals surface area (Å²) in [6.45, 7) is 2.41. The van der Waals surface area contributed by atoms with Gasteiger partial charge in [-0.1, -0.05) is 12.1 Å². The molecule has 0 bridgehead atoms. The Morgan fingerprint density at radius 2 is 2.07 bits per heavy atom. The van der Waals surface area contributed by atoms with Crippen molar-refractivity contribution in [1.82, 2.24) is 14.9 Å². The van der Waals surface area contributed by atoms with Crippen LogP contribution in [0.4, 0.5) is 8.78 Å². The van der Waals surface area contributed by atoms with E-state index >= 15 is 0 Å². The van der Waals surface area contributed by atoms with Gasteiger partial charge in [-0.15, -0.1) is 0 Å². The van der Waals surface area contributed by atoms with Crippen LogP contribution in [0.15, 0.2) is 35.1 Å². The smallest absolute Gasteiger partial charge is 0.326 e. The lowest BCUT2D eigenvalue weighted by Gasteiger charge is -2.26. The maximum absolute atomic E-state index is 13.4. The van der Waals surface area contributed by atoms with E-state index in [0.29, 0.717) is 42.5 Å². The summed E-state index contributed by atoms with van der Waals surface area (Å²) in [6, 6.07) is 6.90. The molecule has 3 aromatic rings. The number of nitrogens with zero attached hydrogens (tertiary/aromatic N) is 1. The Morgan fingerprint density at radius 3 is 2.86 bits per heavy atom. The number of hydrogen-bond donors (Lipinski definition) is 4. The number of halogens is 2. The molecule has 0 aliphatic carbocycles. The highest BCUT2D eigenvalue weighted by Crippen LogP contribution is 2.30. The number of aromatic amines is 1. The van der Waals surface area contributed by atoms with Crippen LogP contribution in [0.3, 0.4) is 0 Å². The van der Waals surface area contributed by atoms with Crippen LogP contribution in [-0.2, 0) is 13.0 Å². The second kappa shape index (κ2) is 7.61. The molecule has 3 atom stereocenters. The molecule has 29 heavy (non-hydrogen) atoms. The third-order valence-electron chi connectivity index (χ3n) is 5.65. The number of rotatable bonds is 5. The fourth-order valence-electron chi connectivity index (χ4n) is 4.12. The Labute approximate surface area is 165 Å². The monoisotopic (exact) mass is 403 g/mol. The Morgan fingerprint density at radius 1 is 1.31 bits per heavy atom. The Bertz CT molecular complexity index is 1110. The van der Waals surface area contributed by atoms with Gasteiger partial charge in [0.25, 0.3) is 0 Å². The number of H-pyrrole nitrogens is 1. The molecule has 8 heteroatoms. The predicted molar refractivity (Wildman–Crippen MR) is 105 cm³/mol. The molecule has 1 aliphatic rings. The van der Waals surface area contributed by atoms with Crippen LogP contribution < -0.4 is 11.0 Å². The van der Waals surface area contributed by atoms with Crippen molar-refractivity contribution in [2.45, 2.75) is 50.9 Å². The molecule has 1 unspecified atom stereocenters. The van der Waals surface area contributed by atoms with Crippen molar-refractivity contribution < 1.29 is 19.0 Å². The van der Waals surface area contributed by atoms with Gasteiger partial charge in [-0.2, -0.15) is 0 Å². The number of para-hydroxylation sites is 1. The van der Waals surface area contributed by atoms with Gasteiger partial charge in [-0.05, 0) is 43.9 Å². The summed E-state index contributed by atoms with van der Waals surface area (Å²) in [5.74, 6) is -2.33. The highest BCUT2D eigenvalue weighted by atomic mass is 19.2. The summed E-state index contributed by atoms with van der Waals surface area (Å²) in [6.07, 6.45) is 0.680. The van der Waals surface area contributed by atoms with Crippen LogP contribution in [-0.4, -0.2) is 31.8 Å². The van der Waals surface area contributed by atoms with Gasteiger partial charge < -0.3 is 20.5 Å². The molecular weight excluding hydrogens is 380 g/mol. The minimum Gasteiger partial charge on any atom is -0.508 e. The standard InChI is InChI=1S/C21H23F2N3O3/c1-11(5-6-12-9-14(22)15(23)10-18(12)27)24-17-7-8-26-19-13(20(17)28)3-2-4-16(19)25-21(26)29/h2-4,9-11,17,20,24,27-28H,5-8H2,1H3,(H,25,29)/t11?,17-,20-/m1/s1. The molecule has 0 fully saturated rings. The zero-order chi connectivity index (χ0) is 20.7. The zero-order valence-electron chi connectivity index (χ0n) is 16.0. The number of phenolic OH excluding ortho intramolecular Hbond substituents is 1. The van der Waals surface area contributed by atoms with Crippen molar-refractivity contribution in [1.29, 1.82) is 0 Å². The van der Waals surface area contributed by atoms with Crippen molar-refractivity contribution in [3.8, 4) is 5.75 Å². The van der Waals surface area contributed by atoms with E-state index in [-0.39, 0.29) is 23.5 Å². The van der Waals surface area contributed by atoms with Crippen molar-refractivity contribution in [3.63, 3.8) is 0 Å². The van der Waals surface area contributed by atoms with Crippen LogP contribution in [0, 0.1) is 11.6 Å². The van der Waals surface area contributed by atoms with E-state index in [2.05, 4.69) is 10.3 Å². The first-order valence-electron chi connectivity index (χ1n) is 9.67. The van der Waals surface area contributed by atoms with E-state index in [1.165, 1.54) is 0 Å². The Hall–Kier alpha value is -2.71. The van der Waals surface area contributed by atoms with E-state index < -0.39 is 17.7 Å². The summed E-state index contributed by atoms with van der Waals surface area (Å²) in [7, 11) is 0. The average molecular weight is 403 g/mol. The number of aryl methyl sites for hydroxylation is 2. The van der Waals surface area contributed by atoms with Gasteiger partial charge >= 0.3 is 5.69 Å². The predicted octanol–water partition coefficient (Wildman–Crippen LogP) is 2.73. The number of aromatic nitrogens is 2. The van der Waals surface area contributed by atoms with Crippen LogP contribution in [0.5, 0.6) is 5.75 Å². The summed E-state index contributed by atoms with van der Waals surface area (Å²) in [5.41, 5.74) is 2.28.